The van der Waals surface area contributed by atoms with E-state index in [1.54, 1.807) is 0 Å². The molecule has 0 aliphatic heterocycles. The van der Waals surface area contributed by atoms with Crippen molar-refractivity contribution in [2.24, 2.45) is 5.92 Å². The van der Waals surface area contributed by atoms with Crippen LogP contribution in [0.2, 0.25) is 0 Å². The Balaban J connectivity index is 1.73. The van der Waals surface area contributed by atoms with Gasteiger partial charge in [-0.15, -0.1) is 0 Å². The molecule has 0 amide bonds. The summed E-state index contributed by atoms with van der Waals surface area (Å²) in [6, 6.07) is 0.666. The first-order valence-corrected chi connectivity index (χ1v) is 7.67. The van der Waals surface area contributed by atoms with Gasteiger partial charge in [0.15, 0.2) is 0 Å². The van der Waals surface area contributed by atoms with Gasteiger partial charge in [0.05, 0.1) is 5.60 Å². The molecule has 2 unspecified atom stereocenters. The first kappa shape index (κ1) is 13.4. The van der Waals surface area contributed by atoms with Gasteiger partial charge in [-0.05, 0) is 31.6 Å². The maximum absolute atomic E-state index is 10.5. The summed E-state index contributed by atoms with van der Waals surface area (Å²) in [4.78, 5) is 0. The lowest BCUT2D eigenvalue weighted by Crippen LogP contribution is -2.46. The molecule has 100 valence electrons. The minimum Gasteiger partial charge on any atom is -0.389 e. The van der Waals surface area contributed by atoms with E-state index in [1.807, 2.05) is 0 Å². The summed E-state index contributed by atoms with van der Waals surface area (Å²) in [5.41, 5.74) is -0.391. The second kappa shape index (κ2) is 6.19. The van der Waals surface area contributed by atoms with E-state index in [9.17, 15) is 5.11 Å². The Morgan fingerprint density at radius 3 is 2.59 bits per heavy atom. The lowest BCUT2D eigenvalue weighted by Gasteiger charge is -2.36. The normalized spacial score (nSPS) is 33.5. The van der Waals surface area contributed by atoms with Crippen LogP contribution in [0.1, 0.15) is 71.1 Å². The zero-order valence-electron chi connectivity index (χ0n) is 11.4. The molecule has 0 radical (unpaired) electrons. The molecule has 0 aromatic carbocycles. The zero-order chi connectivity index (χ0) is 12.1. The van der Waals surface area contributed by atoms with Gasteiger partial charge >= 0.3 is 0 Å². The van der Waals surface area contributed by atoms with Crippen LogP contribution >= 0.6 is 0 Å². The van der Waals surface area contributed by atoms with Gasteiger partial charge in [-0.1, -0.05) is 45.4 Å². The molecular weight excluding hydrogens is 210 g/mol. The standard InChI is InChI=1S/C15H29NO/c1-2-13-7-6-8-14(11-13)16-12-15(17)9-4-3-5-10-15/h13-14,16-17H,2-12H2,1H3. The molecule has 2 N–H and O–H groups in total. The van der Waals surface area contributed by atoms with E-state index < -0.39 is 5.60 Å². The summed E-state index contributed by atoms with van der Waals surface area (Å²) in [7, 11) is 0. The average Bonchev–Trinajstić information content (AvgIpc) is 2.38. The summed E-state index contributed by atoms with van der Waals surface area (Å²) >= 11 is 0. The minimum atomic E-state index is -0.391. The van der Waals surface area contributed by atoms with Crippen molar-refractivity contribution >= 4 is 0 Å². The summed E-state index contributed by atoms with van der Waals surface area (Å²) < 4.78 is 0. The van der Waals surface area contributed by atoms with Crippen molar-refractivity contribution in [1.29, 1.82) is 0 Å². The lowest BCUT2D eigenvalue weighted by atomic mass is 9.82. The van der Waals surface area contributed by atoms with Gasteiger partial charge in [0.2, 0.25) is 0 Å². The Hall–Kier alpha value is -0.0800. The molecule has 2 rings (SSSR count). The van der Waals surface area contributed by atoms with Gasteiger partial charge in [-0.2, -0.15) is 0 Å². The van der Waals surface area contributed by atoms with Crippen molar-refractivity contribution in [1.82, 2.24) is 5.32 Å². The summed E-state index contributed by atoms with van der Waals surface area (Å²) in [5, 5.41) is 14.1. The molecule has 0 spiro atoms. The van der Waals surface area contributed by atoms with Crippen molar-refractivity contribution < 1.29 is 5.11 Å². The van der Waals surface area contributed by atoms with Crippen LogP contribution in [-0.2, 0) is 0 Å². The van der Waals surface area contributed by atoms with Crippen LogP contribution in [0.5, 0.6) is 0 Å². The Bertz CT molecular complexity index is 223. The van der Waals surface area contributed by atoms with Gasteiger partial charge in [0.1, 0.15) is 0 Å². The minimum absolute atomic E-state index is 0.391. The van der Waals surface area contributed by atoms with Crippen LogP contribution in [0.25, 0.3) is 0 Å². The highest BCUT2D eigenvalue weighted by molar-refractivity contribution is 4.87. The van der Waals surface area contributed by atoms with Gasteiger partial charge in [-0.3, -0.25) is 0 Å². The molecule has 0 heterocycles. The predicted molar refractivity (Wildman–Crippen MR) is 72.1 cm³/mol. The van der Waals surface area contributed by atoms with E-state index in [4.69, 9.17) is 0 Å². The van der Waals surface area contributed by atoms with Crippen molar-refractivity contribution in [3.8, 4) is 0 Å². The average molecular weight is 239 g/mol. The molecule has 0 bridgehead atoms. The fraction of sp³-hybridized carbons (Fsp3) is 1.00. The molecule has 0 saturated heterocycles. The molecule has 2 nitrogen and oxygen atoms in total. The molecule has 2 aliphatic carbocycles. The van der Waals surface area contributed by atoms with Crippen molar-refractivity contribution in [3.05, 3.63) is 0 Å². The third-order valence-electron chi connectivity index (χ3n) is 4.86. The summed E-state index contributed by atoms with van der Waals surface area (Å²) in [6.45, 7) is 3.13. The Kier molecular flexibility index (Phi) is 4.87. The number of aliphatic hydroxyl groups is 1. The van der Waals surface area contributed by atoms with E-state index in [2.05, 4.69) is 12.2 Å². The van der Waals surface area contributed by atoms with Crippen LogP contribution in [0, 0.1) is 5.92 Å². The van der Waals surface area contributed by atoms with Crippen molar-refractivity contribution in [3.63, 3.8) is 0 Å². The Labute approximate surface area is 106 Å². The highest BCUT2D eigenvalue weighted by atomic mass is 16.3. The van der Waals surface area contributed by atoms with Crippen LogP contribution in [0.15, 0.2) is 0 Å². The van der Waals surface area contributed by atoms with Gasteiger partial charge in [0.25, 0.3) is 0 Å². The SMILES string of the molecule is CCC1CCCC(NCC2(O)CCCCC2)C1. The predicted octanol–water partition coefficient (Wildman–Crippen LogP) is 3.24. The number of hydrogen-bond acceptors (Lipinski definition) is 2. The topological polar surface area (TPSA) is 32.3 Å². The van der Waals surface area contributed by atoms with E-state index in [-0.39, 0.29) is 0 Å². The fourth-order valence-electron chi connectivity index (χ4n) is 3.57. The summed E-state index contributed by atoms with van der Waals surface area (Å²) in [6.07, 6.45) is 12.5. The smallest absolute Gasteiger partial charge is 0.0771 e. The number of nitrogens with one attached hydrogen (secondary N) is 1. The van der Waals surface area contributed by atoms with E-state index in [0.29, 0.717) is 6.04 Å². The third kappa shape index (κ3) is 3.96. The van der Waals surface area contributed by atoms with Crippen molar-refractivity contribution in [2.45, 2.75) is 82.8 Å². The van der Waals surface area contributed by atoms with E-state index in [1.165, 1.54) is 51.4 Å². The Morgan fingerprint density at radius 2 is 1.88 bits per heavy atom. The quantitative estimate of drug-likeness (QED) is 0.789. The van der Waals surface area contributed by atoms with Gasteiger partial charge in [-0.25, -0.2) is 0 Å². The monoisotopic (exact) mass is 239 g/mol. The molecule has 0 aromatic rings. The summed E-state index contributed by atoms with van der Waals surface area (Å²) in [5.74, 6) is 0.919. The van der Waals surface area contributed by atoms with E-state index >= 15 is 0 Å². The molecule has 17 heavy (non-hydrogen) atoms. The first-order chi connectivity index (χ1) is 8.22. The zero-order valence-corrected chi connectivity index (χ0v) is 11.4. The molecule has 2 saturated carbocycles. The lowest BCUT2D eigenvalue weighted by molar-refractivity contribution is 0.000982. The van der Waals surface area contributed by atoms with Gasteiger partial charge < -0.3 is 10.4 Å². The highest BCUT2D eigenvalue weighted by Crippen LogP contribution is 2.29. The number of rotatable bonds is 4. The molecule has 2 fully saturated rings. The Morgan fingerprint density at radius 1 is 1.12 bits per heavy atom. The van der Waals surface area contributed by atoms with Crippen LogP contribution in [0.4, 0.5) is 0 Å². The van der Waals surface area contributed by atoms with Crippen LogP contribution < -0.4 is 5.32 Å². The molecule has 2 aliphatic rings. The second-order valence-corrected chi connectivity index (χ2v) is 6.30. The maximum atomic E-state index is 10.5. The van der Waals surface area contributed by atoms with Crippen LogP contribution in [-0.4, -0.2) is 23.3 Å². The number of hydrogen-bond donors (Lipinski definition) is 2. The first-order valence-electron chi connectivity index (χ1n) is 7.67. The largest absolute Gasteiger partial charge is 0.389 e. The fourth-order valence-corrected chi connectivity index (χ4v) is 3.57. The molecular formula is C15H29NO. The molecule has 0 aromatic heterocycles. The van der Waals surface area contributed by atoms with Gasteiger partial charge in [0, 0.05) is 12.6 Å². The second-order valence-electron chi connectivity index (χ2n) is 6.30. The highest BCUT2D eigenvalue weighted by Gasteiger charge is 2.30. The molecule has 2 heteroatoms. The molecule has 2 atom stereocenters. The van der Waals surface area contributed by atoms with Crippen molar-refractivity contribution in [2.75, 3.05) is 6.54 Å². The maximum Gasteiger partial charge on any atom is 0.0771 e. The van der Waals surface area contributed by atoms with E-state index in [0.717, 1.165) is 25.3 Å². The van der Waals surface area contributed by atoms with Crippen LogP contribution in [0.3, 0.4) is 0 Å². The third-order valence-corrected chi connectivity index (χ3v) is 4.86.